The summed E-state index contributed by atoms with van der Waals surface area (Å²) in [5, 5.41) is 2.70. The number of benzene rings is 1. The SMILES string of the molecule is CC(C)[C@@H](NC(=O)[C@H](C)CC(N)=O)c1cccc(C(F)(F)F)c1. The lowest BCUT2D eigenvalue weighted by atomic mass is 9.93. The van der Waals surface area contributed by atoms with Gasteiger partial charge in [0.1, 0.15) is 0 Å². The molecule has 23 heavy (non-hydrogen) atoms. The lowest BCUT2D eigenvalue weighted by Crippen LogP contribution is -2.36. The van der Waals surface area contributed by atoms with Crippen LogP contribution >= 0.6 is 0 Å². The summed E-state index contributed by atoms with van der Waals surface area (Å²) < 4.78 is 38.5. The first-order chi connectivity index (χ1) is 10.5. The van der Waals surface area contributed by atoms with Gasteiger partial charge in [-0.3, -0.25) is 9.59 Å². The molecule has 1 rings (SSSR count). The van der Waals surface area contributed by atoms with E-state index < -0.39 is 35.5 Å². The molecule has 0 unspecified atom stereocenters. The summed E-state index contributed by atoms with van der Waals surface area (Å²) in [6, 6.07) is 4.29. The number of halogens is 3. The molecule has 2 amide bonds. The second kappa shape index (κ2) is 7.48. The Hall–Kier alpha value is -2.05. The van der Waals surface area contributed by atoms with Gasteiger partial charge in [0.25, 0.3) is 0 Å². The normalized spacial score (nSPS) is 14.4. The number of nitrogens with one attached hydrogen (secondary N) is 1. The van der Waals surface area contributed by atoms with Crippen molar-refractivity contribution in [2.24, 2.45) is 17.6 Å². The molecule has 3 N–H and O–H groups in total. The predicted octanol–water partition coefficient (Wildman–Crippen LogP) is 3.03. The number of carbonyl (C=O) groups excluding carboxylic acids is 2. The molecule has 1 aromatic rings. The number of amides is 2. The molecule has 0 saturated carbocycles. The van der Waals surface area contributed by atoms with E-state index in [1.807, 2.05) is 0 Å². The van der Waals surface area contributed by atoms with Gasteiger partial charge in [0.05, 0.1) is 11.6 Å². The molecular formula is C16H21F3N2O2. The van der Waals surface area contributed by atoms with E-state index in [2.05, 4.69) is 5.32 Å². The Kier molecular flexibility index (Phi) is 6.18. The Morgan fingerprint density at radius 3 is 2.30 bits per heavy atom. The van der Waals surface area contributed by atoms with Crippen LogP contribution < -0.4 is 11.1 Å². The van der Waals surface area contributed by atoms with Crippen molar-refractivity contribution in [2.45, 2.75) is 39.4 Å². The lowest BCUT2D eigenvalue weighted by molar-refractivity contribution is -0.137. The number of carbonyl (C=O) groups is 2. The number of rotatable bonds is 6. The fourth-order valence-corrected chi connectivity index (χ4v) is 2.23. The smallest absolute Gasteiger partial charge is 0.370 e. The number of alkyl halides is 3. The van der Waals surface area contributed by atoms with Crippen LogP contribution in [0.4, 0.5) is 13.2 Å². The molecule has 0 bridgehead atoms. The quantitative estimate of drug-likeness (QED) is 0.841. The fourth-order valence-electron chi connectivity index (χ4n) is 2.23. The van der Waals surface area contributed by atoms with Gasteiger partial charge in [0.2, 0.25) is 11.8 Å². The molecule has 0 spiro atoms. The van der Waals surface area contributed by atoms with E-state index in [9.17, 15) is 22.8 Å². The second-order valence-electron chi connectivity index (χ2n) is 5.92. The van der Waals surface area contributed by atoms with Crippen LogP contribution in [0.5, 0.6) is 0 Å². The highest BCUT2D eigenvalue weighted by molar-refractivity contribution is 5.85. The monoisotopic (exact) mass is 330 g/mol. The summed E-state index contributed by atoms with van der Waals surface area (Å²) in [6.45, 7) is 5.14. The van der Waals surface area contributed by atoms with Gasteiger partial charge in [-0.1, -0.05) is 32.9 Å². The summed E-state index contributed by atoms with van der Waals surface area (Å²) in [4.78, 5) is 23.0. The molecule has 7 heteroatoms. The maximum absolute atomic E-state index is 12.8. The van der Waals surface area contributed by atoms with Crippen molar-refractivity contribution in [1.29, 1.82) is 0 Å². The molecule has 0 radical (unpaired) electrons. The van der Waals surface area contributed by atoms with Gasteiger partial charge in [-0.05, 0) is 23.6 Å². The average Bonchev–Trinajstić information content (AvgIpc) is 2.42. The molecule has 0 aliphatic heterocycles. The topological polar surface area (TPSA) is 72.2 Å². The van der Waals surface area contributed by atoms with Crippen molar-refractivity contribution >= 4 is 11.8 Å². The van der Waals surface area contributed by atoms with Crippen LogP contribution in [0.3, 0.4) is 0 Å². The molecule has 0 aromatic heterocycles. The highest BCUT2D eigenvalue weighted by atomic mass is 19.4. The molecule has 0 aliphatic rings. The van der Waals surface area contributed by atoms with Crippen molar-refractivity contribution in [3.8, 4) is 0 Å². The van der Waals surface area contributed by atoms with Gasteiger partial charge in [0.15, 0.2) is 0 Å². The average molecular weight is 330 g/mol. The van der Waals surface area contributed by atoms with E-state index in [0.29, 0.717) is 5.56 Å². The van der Waals surface area contributed by atoms with Crippen LogP contribution in [0, 0.1) is 11.8 Å². The Bertz CT molecular complexity index is 571. The van der Waals surface area contributed by atoms with Gasteiger partial charge in [-0.2, -0.15) is 13.2 Å². The lowest BCUT2D eigenvalue weighted by Gasteiger charge is -2.25. The second-order valence-corrected chi connectivity index (χ2v) is 5.92. The Morgan fingerprint density at radius 1 is 1.22 bits per heavy atom. The molecule has 0 saturated heterocycles. The minimum Gasteiger partial charge on any atom is -0.370 e. The molecule has 0 aliphatic carbocycles. The zero-order valence-electron chi connectivity index (χ0n) is 13.3. The van der Waals surface area contributed by atoms with E-state index in [0.717, 1.165) is 12.1 Å². The largest absolute Gasteiger partial charge is 0.416 e. The van der Waals surface area contributed by atoms with Gasteiger partial charge in [-0.25, -0.2) is 0 Å². The zero-order valence-corrected chi connectivity index (χ0v) is 13.3. The third kappa shape index (κ3) is 5.58. The summed E-state index contributed by atoms with van der Waals surface area (Å²) in [5.41, 5.74) is 4.66. The van der Waals surface area contributed by atoms with Crippen molar-refractivity contribution in [3.63, 3.8) is 0 Å². The molecule has 0 heterocycles. The Labute approximate surface area is 133 Å². The van der Waals surface area contributed by atoms with Crippen LogP contribution in [0.25, 0.3) is 0 Å². The highest BCUT2D eigenvalue weighted by Crippen LogP contribution is 2.32. The molecule has 2 atom stereocenters. The number of nitrogens with two attached hydrogens (primary N) is 1. The minimum atomic E-state index is -4.44. The van der Waals surface area contributed by atoms with Crippen LogP contribution in [-0.4, -0.2) is 11.8 Å². The van der Waals surface area contributed by atoms with Crippen LogP contribution in [0.2, 0.25) is 0 Å². The van der Waals surface area contributed by atoms with E-state index >= 15 is 0 Å². The van der Waals surface area contributed by atoms with Crippen molar-refractivity contribution in [3.05, 3.63) is 35.4 Å². The first kappa shape index (κ1) is 19.0. The van der Waals surface area contributed by atoms with Gasteiger partial charge >= 0.3 is 6.18 Å². The van der Waals surface area contributed by atoms with E-state index in [-0.39, 0.29) is 12.3 Å². The molecule has 1 aromatic carbocycles. The molecule has 4 nitrogen and oxygen atoms in total. The zero-order chi connectivity index (χ0) is 17.8. The number of primary amides is 1. The van der Waals surface area contributed by atoms with E-state index in [4.69, 9.17) is 5.73 Å². The van der Waals surface area contributed by atoms with Gasteiger partial charge in [0, 0.05) is 12.3 Å². The van der Waals surface area contributed by atoms with Crippen LogP contribution in [-0.2, 0) is 15.8 Å². The number of hydrogen-bond donors (Lipinski definition) is 2. The van der Waals surface area contributed by atoms with Gasteiger partial charge < -0.3 is 11.1 Å². The first-order valence-electron chi connectivity index (χ1n) is 7.28. The standard InChI is InChI=1S/C16H21F3N2O2/c1-9(2)14(21-15(23)10(3)7-13(20)22)11-5-4-6-12(8-11)16(17,18)19/h4-6,8-10,14H,7H2,1-3H3,(H2,20,22)(H,21,23)/t10-,14-/m1/s1. The third-order valence-electron chi connectivity index (χ3n) is 3.49. The van der Waals surface area contributed by atoms with Crippen LogP contribution in [0.15, 0.2) is 24.3 Å². The van der Waals surface area contributed by atoms with Crippen molar-refractivity contribution in [2.75, 3.05) is 0 Å². The van der Waals surface area contributed by atoms with Crippen LogP contribution in [0.1, 0.15) is 44.4 Å². The molecule has 128 valence electrons. The predicted molar refractivity (Wildman–Crippen MR) is 80.1 cm³/mol. The summed E-state index contributed by atoms with van der Waals surface area (Å²) >= 11 is 0. The summed E-state index contributed by atoms with van der Waals surface area (Å²) in [6.07, 6.45) is -4.56. The summed E-state index contributed by atoms with van der Waals surface area (Å²) in [5.74, 6) is -1.78. The molecular weight excluding hydrogens is 309 g/mol. The third-order valence-corrected chi connectivity index (χ3v) is 3.49. The minimum absolute atomic E-state index is 0.112. The van der Waals surface area contributed by atoms with Gasteiger partial charge in [-0.15, -0.1) is 0 Å². The fraction of sp³-hybridized carbons (Fsp3) is 0.500. The highest BCUT2D eigenvalue weighted by Gasteiger charge is 2.31. The molecule has 0 fully saturated rings. The maximum atomic E-state index is 12.8. The summed E-state index contributed by atoms with van der Waals surface area (Å²) in [7, 11) is 0. The van der Waals surface area contributed by atoms with E-state index in [1.54, 1.807) is 26.8 Å². The van der Waals surface area contributed by atoms with E-state index in [1.165, 1.54) is 6.07 Å². The Balaban J connectivity index is 3.00. The van der Waals surface area contributed by atoms with Crippen molar-refractivity contribution < 1.29 is 22.8 Å². The van der Waals surface area contributed by atoms with Crippen molar-refractivity contribution in [1.82, 2.24) is 5.32 Å². The maximum Gasteiger partial charge on any atom is 0.416 e. The number of hydrogen-bond acceptors (Lipinski definition) is 2. The first-order valence-corrected chi connectivity index (χ1v) is 7.28. The Morgan fingerprint density at radius 2 is 1.83 bits per heavy atom.